The van der Waals surface area contributed by atoms with E-state index in [2.05, 4.69) is 38.3 Å². The van der Waals surface area contributed by atoms with Gasteiger partial charge in [0.05, 0.1) is 0 Å². The van der Waals surface area contributed by atoms with Gasteiger partial charge in [-0.15, -0.1) is 0 Å². The van der Waals surface area contributed by atoms with Crippen LogP contribution in [0.4, 0.5) is 0 Å². The van der Waals surface area contributed by atoms with Crippen molar-refractivity contribution < 1.29 is 0 Å². The first-order valence-electron chi connectivity index (χ1n) is 7.63. The molecule has 2 heteroatoms. The van der Waals surface area contributed by atoms with Crippen LogP contribution in [0.2, 0.25) is 0 Å². The van der Waals surface area contributed by atoms with Crippen LogP contribution in [0.1, 0.15) is 66.2 Å². The highest BCUT2D eigenvalue weighted by atomic mass is 15.0. The van der Waals surface area contributed by atoms with Crippen molar-refractivity contribution in [1.29, 1.82) is 0 Å². The summed E-state index contributed by atoms with van der Waals surface area (Å²) in [7, 11) is 0. The fourth-order valence-corrected chi connectivity index (χ4v) is 2.15. The van der Waals surface area contributed by atoms with Gasteiger partial charge >= 0.3 is 0 Å². The molecule has 0 aliphatic carbocycles. The molecule has 0 aliphatic rings. The van der Waals surface area contributed by atoms with Crippen molar-refractivity contribution in [2.45, 2.75) is 66.2 Å². The molecule has 0 saturated heterocycles. The van der Waals surface area contributed by atoms with Crippen molar-refractivity contribution in [3.05, 3.63) is 0 Å². The van der Waals surface area contributed by atoms with Crippen molar-refractivity contribution >= 4 is 0 Å². The molecule has 1 atom stereocenters. The molecule has 104 valence electrons. The van der Waals surface area contributed by atoms with E-state index >= 15 is 0 Å². The van der Waals surface area contributed by atoms with Gasteiger partial charge in [0.25, 0.3) is 0 Å². The van der Waals surface area contributed by atoms with Crippen LogP contribution in [0.5, 0.6) is 0 Å². The normalized spacial score (nSPS) is 13.2. The van der Waals surface area contributed by atoms with Crippen LogP contribution in [-0.4, -0.2) is 19.8 Å². The SMILES string of the molecule is CCCCCCCC(CNCNCC)C(C)C. The molecule has 0 aromatic heterocycles. The second-order valence-corrected chi connectivity index (χ2v) is 5.44. The van der Waals surface area contributed by atoms with Gasteiger partial charge in [0.1, 0.15) is 0 Å². The Balaban J connectivity index is 3.53. The summed E-state index contributed by atoms with van der Waals surface area (Å²) in [6, 6.07) is 0. The second kappa shape index (κ2) is 12.4. The van der Waals surface area contributed by atoms with Crippen molar-refractivity contribution in [3.63, 3.8) is 0 Å². The minimum absolute atomic E-state index is 0.801. The number of unbranched alkanes of at least 4 members (excludes halogenated alkanes) is 4. The van der Waals surface area contributed by atoms with Gasteiger partial charge < -0.3 is 10.6 Å². The van der Waals surface area contributed by atoms with Gasteiger partial charge in [-0.3, -0.25) is 0 Å². The lowest BCUT2D eigenvalue weighted by Gasteiger charge is -2.21. The number of hydrogen-bond donors (Lipinski definition) is 2. The molecular formula is C15H34N2. The lowest BCUT2D eigenvalue weighted by atomic mass is 9.90. The van der Waals surface area contributed by atoms with E-state index in [0.29, 0.717) is 0 Å². The topological polar surface area (TPSA) is 24.1 Å². The van der Waals surface area contributed by atoms with E-state index in [1.165, 1.54) is 45.1 Å². The van der Waals surface area contributed by atoms with Gasteiger partial charge in [0, 0.05) is 6.67 Å². The minimum atomic E-state index is 0.801. The van der Waals surface area contributed by atoms with E-state index < -0.39 is 0 Å². The molecule has 0 spiro atoms. The van der Waals surface area contributed by atoms with Gasteiger partial charge in [0.15, 0.2) is 0 Å². The highest BCUT2D eigenvalue weighted by Gasteiger charge is 2.12. The van der Waals surface area contributed by atoms with Gasteiger partial charge in [-0.05, 0) is 31.3 Å². The molecule has 0 aromatic carbocycles. The number of hydrogen-bond acceptors (Lipinski definition) is 2. The van der Waals surface area contributed by atoms with Crippen molar-refractivity contribution in [2.24, 2.45) is 11.8 Å². The zero-order valence-electron chi connectivity index (χ0n) is 12.5. The molecule has 0 bridgehead atoms. The lowest BCUT2D eigenvalue weighted by Crippen LogP contribution is -2.34. The highest BCUT2D eigenvalue weighted by molar-refractivity contribution is 4.66. The van der Waals surface area contributed by atoms with Gasteiger partial charge in [-0.1, -0.05) is 59.8 Å². The first-order valence-corrected chi connectivity index (χ1v) is 7.63. The first kappa shape index (κ1) is 16.9. The van der Waals surface area contributed by atoms with Crippen molar-refractivity contribution in [2.75, 3.05) is 19.8 Å². The zero-order valence-corrected chi connectivity index (χ0v) is 12.5. The van der Waals surface area contributed by atoms with Crippen molar-refractivity contribution in [3.8, 4) is 0 Å². The molecule has 0 saturated carbocycles. The second-order valence-electron chi connectivity index (χ2n) is 5.44. The molecule has 1 unspecified atom stereocenters. The molecule has 0 aromatic rings. The van der Waals surface area contributed by atoms with E-state index in [-0.39, 0.29) is 0 Å². The molecule has 0 rings (SSSR count). The van der Waals surface area contributed by atoms with Crippen LogP contribution in [0.3, 0.4) is 0 Å². The Hall–Kier alpha value is -0.0800. The Bertz CT molecular complexity index is 146. The third-order valence-electron chi connectivity index (χ3n) is 3.53. The van der Waals surface area contributed by atoms with Gasteiger partial charge in [0.2, 0.25) is 0 Å². The quantitative estimate of drug-likeness (QED) is 0.402. The smallest absolute Gasteiger partial charge is 0.0454 e. The van der Waals surface area contributed by atoms with E-state index in [1.807, 2.05) is 0 Å². The van der Waals surface area contributed by atoms with E-state index in [0.717, 1.165) is 25.0 Å². The van der Waals surface area contributed by atoms with Gasteiger partial charge in [-0.2, -0.15) is 0 Å². The predicted molar refractivity (Wildman–Crippen MR) is 78.3 cm³/mol. The fraction of sp³-hybridized carbons (Fsp3) is 1.00. The van der Waals surface area contributed by atoms with Crippen LogP contribution in [-0.2, 0) is 0 Å². The third kappa shape index (κ3) is 10.8. The molecule has 0 aliphatic heterocycles. The fourth-order valence-electron chi connectivity index (χ4n) is 2.15. The summed E-state index contributed by atoms with van der Waals surface area (Å²) < 4.78 is 0. The maximum atomic E-state index is 3.51. The van der Waals surface area contributed by atoms with E-state index in [4.69, 9.17) is 0 Å². The maximum Gasteiger partial charge on any atom is 0.0454 e. The summed E-state index contributed by atoms with van der Waals surface area (Å²) in [5.41, 5.74) is 0. The molecule has 0 amide bonds. The number of nitrogens with one attached hydrogen (secondary N) is 2. The molecular weight excluding hydrogens is 208 g/mol. The summed E-state index contributed by atoms with van der Waals surface area (Å²) in [5.74, 6) is 1.64. The summed E-state index contributed by atoms with van der Waals surface area (Å²) in [5, 5.41) is 6.82. The molecule has 0 fully saturated rings. The van der Waals surface area contributed by atoms with Crippen LogP contribution < -0.4 is 10.6 Å². The average Bonchev–Trinajstić information content (AvgIpc) is 2.31. The van der Waals surface area contributed by atoms with Crippen molar-refractivity contribution in [1.82, 2.24) is 10.6 Å². The summed E-state index contributed by atoms with van der Waals surface area (Å²) in [6.45, 7) is 12.3. The Kier molecular flexibility index (Phi) is 12.3. The predicted octanol–water partition coefficient (Wildman–Crippen LogP) is 3.78. The van der Waals surface area contributed by atoms with Crippen LogP contribution >= 0.6 is 0 Å². The van der Waals surface area contributed by atoms with Gasteiger partial charge in [-0.25, -0.2) is 0 Å². The average molecular weight is 242 g/mol. The molecule has 0 radical (unpaired) electrons. The van der Waals surface area contributed by atoms with Crippen LogP contribution in [0.25, 0.3) is 0 Å². The summed E-state index contributed by atoms with van der Waals surface area (Å²) in [6.07, 6.45) is 8.39. The third-order valence-corrected chi connectivity index (χ3v) is 3.53. The first-order chi connectivity index (χ1) is 8.22. The Morgan fingerprint density at radius 1 is 0.882 bits per heavy atom. The largest absolute Gasteiger partial charge is 0.305 e. The molecule has 17 heavy (non-hydrogen) atoms. The number of rotatable bonds is 12. The molecule has 0 heterocycles. The van der Waals surface area contributed by atoms with E-state index in [9.17, 15) is 0 Å². The minimum Gasteiger partial charge on any atom is -0.305 e. The highest BCUT2D eigenvalue weighted by Crippen LogP contribution is 2.18. The molecule has 2 N–H and O–H groups in total. The molecule has 2 nitrogen and oxygen atoms in total. The van der Waals surface area contributed by atoms with E-state index in [1.54, 1.807) is 0 Å². The summed E-state index contributed by atoms with van der Waals surface area (Å²) in [4.78, 5) is 0. The maximum absolute atomic E-state index is 3.51. The zero-order chi connectivity index (χ0) is 12.9. The van der Waals surface area contributed by atoms with Crippen LogP contribution in [0.15, 0.2) is 0 Å². The Morgan fingerprint density at radius 2 is 1.59 bits per heavy atom. The summed E-state index contributed by atoms with van der Waals surface area (Å²) >= 11 is 0. The monoisotopic (exact) mass is 242 g/mol. The Morgan fingerprint density at radius 3 is 2.18 bits per heavy atom. The van der Waals surface area contributed by atoms with Crippen LogP contribution in [0, 0.1) is 11.8 Å². The lowest BCUT2D eigenvalue weighted by molar-refractivity contribution is 0.325. The Labute approximate surface area is 109 Å². The standard InChI is InChI=1S/C15H34N2/c1-5-7-8-9-10-11-15(14(3)4)12-17-13-16-6-2/h14-17H,5-13H2,1-4H3.